The Labute approximate surface area is 163 Å². The number of hydrogen-bond donors (Lipinski definition) is 1. The van der Waals surface area contributed by atoms with Gasteiger partial charge in [-0.2, -0.15) is 4.72 Å². The minimum absolute atomic E-state index is 0.0534. The molecule has 1 N–H and O–H groups in total. The molecule has 0 aromatic heterocycles. The maximum atomic E-state index is 12.9. The molecule has 0 unspecified atom stereocenters. The summed E-state index contributed by atoms with van der Waals surface area (Å²) in [6.45, 7) is 12.2. The molecule has 1 aliphatic rings. The highest BCUT2D eigenvalue weighted by atomic mass is 32.2. The number of nitrogens with zero attached hydrogens (tertiary/aromatic N) is 1. The second-order valence-electron chi connectivity index (χ2n) is 8.52. The zero-order valence-electron chi connectivity index (χ0n) is 17.0. The predicted molar refractivity (Wildman–Crippen MR) is 106 cm³/mol. The molecular formula is C20H32N2O4S. The van der Waals surface area contributed by atoms with Gasteiger partial charge in [0, 0.05) is 13.1 Å². The summed E-state index contributed by atoms with van der Waals surface area (Å²) in [6.07, 6.45) is 0.454. The van der Waals surface area contributed by atoms with Crippen molar-refractivity contribution in [1.29, 1.82) is 0 Å². The molecular weight excluding hydrogens is 364 g/mol. The molecule has 0 aliphatic carbocycles. The van der Waals surface area contributed by atoms with E-state index in [1.807, 2.05) is 26.0 Å². The number of benzene rings is 1. The van der Waals surface area contributed by atoms with Crippen molar-refractivity contribution in [3.05, 3.63) is 29.8 Å². The zero-order valence-corrected chi connectivity index (χ0v) is 17.8. The number of ether oxygens (including phenoxy) is 1. The Bertz CT molecular complexity index is 730. The van der Waals surface area contributed by atoms with E-state index in [4.69, 9.17) is 4.74 Å². The molecule has 1 fully saturated rings. The molecule has 1 heterocycles. The van der Waals surface area contributed by atoms with Gasteiger partial charge in [0.15, 0.2) is 0 Å². The van der Waals surface area contributed by atoms with Gasteiger partial charge in [-0.05, 0) is 35.4 Å². The van der Waals surface area contributed by atoms with Crippen molar-refractivity contribution in [2.24, 2.45) is 5.92 Å². The van der Waals surface area contributed by atoms with Gasteiger partial charge < -0.3 is 9.64 Å². The van der Waals surface area contributed by atoms with Crippen LogP contribution in [0.1, 0.15) is 46.6 Å². The fourth-order valence-corrected chi connectivity index (χ4v) is 4.27. The third-order valence-corrected chi connectivity index (χ3v) is 6.14. The van der Waals surface area contributed by atoms with Crippen molar-refractivity contribution in [3.63, 3.8) is 0 Å². The lowest BCUT2D eigenvalue weighted by Gasteiger charge is -2.31. The monoisotopic (exact) mass is 396 g/mol. The van der Waals surface area contributed by atoms with Gasteiger partial charge in [-0.3, -0.25) is 4.79 Å². The van der Waals surface area contributed by atoms with Crippen molar-refractivity contribution < 1.29 is 17.9 Å². The summed E-state index contributed by atoms with van der Waals surface area (Å²) in [6, 6.07) is 6.10. The number of morpholine rings is 1. The van der Waals surface area contributed by atoms with Crippen LogP contribution in [0.15, 0.2) is 29.2 Å². The Kier molecular flexibility index (Phi) is 7.05. The highest BCUT2D eigenvalue weighted by molar-refractivity contribution is 7.89. The van der Waals surface area contributed by atoms with Gasteiger partial charge in [0.1, 0.15) is 6.04 Å². The van der Waals surface area contributed by atoms with E-state index in [0.29, 0.717) is 32.7 Å². The van der Waals surface area contributed by atoms with E-state index in [2.05, 4.69) is 25.5 Å². The Morgan fingerprint density at radius 2 is 1.70 bits per heavy atom. The Morgan fingerprint density at radius 1 is 1.15 bits per heavy atom. The summed E-state index contributed by atoms with van der Waals surface area (Å²) in [4.78, 5) is 14.7. The van der Waals surface area contributed by atoms with Crippen LogP contribution in [0.4, 0.5) is 0 Å². The molecule has 152 valence electrons. The highest BCUT2D eigenvalue weighted by Gasteiger charge is 2.30. The van der Waals surface area contributed by atoms with Gasteiger partial charge in [0.05, 0.1) is 18.1 Å². The number of sulfonamides is 1. The first-order valence-electron chi connectivity index (χ1n) is 9.50. The van der Waals surface area contributed by atoms with Gasteiger partial charge in [0.25, 0.3) is 0 Å². The van der Waals surface area contributed by atoms with E-state index in [9.17, 15) is 13.2 Å². The minimum atomic E-state index is -3.78. The first-order chi connectivity index (χ1) is 12.5. The molecule has 0 bridgehead atoms. The van der Waals surface area contributed by atoms with Crippen LogP contribution in [-0.2, 0) is 25.0 Å². The minimum Gasteiger partial charge on any atom is -0.378 e. The van der Waals surface area contributed by atoms with Gasteiger partial charge in [-0.25, -0.2) is 8.42 Å². The number of amides is 1. The third kappa shape index (κ3) is 6.02. The summed E-state index contributed by atoms with van der Waals surface area (Å²) in [5.74, 6) is 0.00726. The van der Waals surface area contributed by atoms with E-state index < -0.39 is 16.1 Å². The van der Waals surface area contributed by atoms with Crippen molar-refractivity contribution >= 4 is 15.9 Å². The number of rotatable bonds is 6. The maximum absolute atomic E-state index is 12.9. The molecule has 7 heteroatoms. The number of nitrogens with one attached hydrogen (secondary N) is 1. The normalized spacial score (nSPS) is 17.2. The van der Waals surface area contributed by atoms with Crippen LogP contribution < -0.4 is 4.72 Å². The van der Waals surface area contributed by atoms with E-state index in [0.717, 1.165) is 5.56 Å². The van der Waals surface area contributed by atoms with E-state index >= 15 is 0 Å². The molecule has 1 aromatic carbocycles. The van der Waals surface area contributed by atoms with E-state index in [1.165, 1.54) is 0 Å². The van der Waals surface area contributed by atoms with Crippen LogP contribution in [0.25, 0.3) is 0 Å². The van der Waals surface area contributed by atoms with Crippen LogP contribution in [-0.4, -0.2) is 51.6 Å². The summed E-state index contributed by atoms with van der Waals surface area (Å²) in [5, 5.41) is 0. The van der Waals surface area contributed by atoms with Gasteiger partial charge >= 0.3 is 0 Å². The molecule has 0 saturated carbocycles. The van der Waals surface area contributed by atoms with Gasteiger partial charge in [-0.1, -0.05) is 46.8 Å². The smallest absolute Gasteiger partial charge is 0.241 e. The first kappa shape index (κ1) is 21.9. The van der Waals surface area contributed by atoms with Crippen LogP contribution in [0, 0.1) is 5.92 Å². The van der Waals surface area contributed by atoms with Crippen LogP contribution in [0.2, 0.25) is 0 Å². The first-order valence-corrected chi connectivity index (χ1v) is 11.0. The molecule has 0 spiro atoms. The fraction of sp³-hybridized carbons (Fsp3) is 0.650. The summed E-state index contributed by atoms with van der Waals surface area (Å²) in [7, 11) is -3.78. The molecule has 2 rings (SSSR count). The van der Waals surface area contributed by atoms with E-state index in [-0.39, 0.29) is 22.1 Å². The lowest BCUT2D eigenvalue weighted by molar-refractivity contribution is -0.137. The topological polar surface area (TPSA) is 75.7 Å². The van der Waals surface area contributed by atoms with Crippen LogP contribution >= 0.6 is 0 Å². The average Bonchev–Trinajstić information content (AvgIpc) is 2.60. The standard InChI is InChI=1S/C20H32N2O4S/c1-15(2)14-18(19(23)22-10-12-26-13-11-22)21-27(24,25)17-8-6-16(7-9-17)20(3,4)5/h6-9,15,18,21H,10-14H2,1-5H3/t18-/m1/s1. The van der Waals surface area contributed by atoms with Crippen molar-refractivity contribution in [1.82, 2.24) is 9.62 Å². The Balaban J connectivity index is 2.20. The number of hydrogen-bond acceptors (Lipinski definition) is 4. The van der Waals surface area contributed by atoms with Crippen LogP contribution in [0.3, 0.4) is 0 Å². The Morgan fingerprint density at radius 3 is 2.19 bits per heavy atom. The molecule has 0 radical (unpaired) electrons. The molecule has 27 heavy (non-hydrogen) atoms. The third-order valence-electron chi connectivity index (χ3n) is 4.66. The molecule has 1 saturated heterocycles. The SMILES string of the molecule is CC(C)C[C@@H](NS(=O)(=O)c1ccc(C(C)(C)C)cc1)C(=O)N1CCOCC1. The lowest BCUT2D eigenvalue weighted by Crippen LogP contribution is -2.52. The highest BCUT2D eigenvalue weighted by Crippen LogP contribution is 2.23. The second-order valence-corrected chi connectivity index (χ2v) is 10.2. The second kappa shape index (κ2) is 8.71. The van der Waals surface area contributed by atoms with Crippen LogP contribution in [0.5, 0.6) is 0 Å². The number of carbonyl (C=O) groups is 1. The maximum Gasteiger partial charge on any atom is 0.241 e. The lowest BCUT2D eigenvalue weighted by atomic mass is 9.87. The van der Waals surface area contributed by atoms with E-state index in [1.54, 1.807) is 17.0 Å². The zero-order chi connectivity index (χ0) is 20.2. The van der Waals surface area contributed by atoms with Gasteiger partial charge in [-0.15, -0.1) is 0 Å². The fourth-order valence-electron chi connectivity index (χ4n) is 3.06. The van der Waals surface area contributed by atoms with Gasteiger partial charge in [0.2, 0.25) is 15.9 Å². The Hall–Kier alpha value is -1.44. The molecule has 1 atom stereocenters. The molecule has 6 nitrogen and oxygen atoms in total. The average molecular weight is 397 g/mol. The largest absolute Gasteiger partial charge is 0.378 e. The predicted octanol–water partition coefficient (Wildman–Crippen LogP) is 2.54. The van der Waals surface area contributed by atoms with Crippen molar-refractivity contribution in [2.45, 2.75) is 57.4 Å². The molecule has 1 aromatic rings. The molecule has 1 aliphatic heterocycles. The summed E-state index contributed by atoms with van der Waals surface area (Å²) in [5.41, 5.74) is 1.01. The summed E-state index contributed by atoms with van der Waals surface area (Å²) >= 11 is 0. The summed E-state index contributed by atoms with van der Waals surface area (Å²) < 4.78 is 33.7. The van der Waals surface area contributed by atoms with Crippen molar-refractivity contribution in [2.75, 3.05) is 26.3 Å². The quantitative estimate of drug-likeness (QED) is 0.802. The molecule has 1 amide bonds. The van der Waals surface area contributed by atoms with Crippen molar-refractivity contribution in [3.8, 4) is 0 Å². The number of carbonyl (C=O) groups excluding carboxylic acids is 1.